The molecule has 1 aromatic heterocycles. The van der Waals surface area contributed by atoms with E-state index in [-0.39, 0.29) is 5.97 Å². The van der Waals surface area contributed by atoms with Crippen LogP contribution in [0.1, 0.15) is 24.4 Å². The van der Waals surface area contributed by atoms with Crippen LogP contribution in [0.3, 0.4) is 0 Å². The number of hydrogen-bond donors (Lipinski definition) is 0. The summed E-state index contributed by atoms with van der Waals surface area (Å²) in [6.45, 7) is 3.27. The van der Waals surface area contributed by atoms with Gasteiger partial charge in [-0.15, -0.1) is 17.0 Å². The van der Waals surface area contributed by atoms with E-state index in [4.69, 9.17) is 10.1 Å². The van der Waals surface area contributed by atoms with Crippen molar-refractivity contribution >= 4 is 33.1 Å². The Hall–Kier alpha value is -2.85. The lowest BCUT2D eigenvalue weighted by Crippen LogP contribution is -2.42. The van der Waals surface area contributed by atoms with Crippen LogP contribution >= 0.6 is 11.3 Å². The third-order valence-electron chi connectivity index (χ3n) is 5.96. The van der Waals surface area contributed by atoms with Crippen molar-refractivity contribution in [2.45, 2.75) is 18.9 Å². The minimum atomic E-state index is -0.710. The van der Waals surface area contributed by atoms with Gasteiger partial charge in [-0.1, -0.05) is 54.3 Å². The number of benzene rings is 2. The second kappa shape index (κ2) is 8.49. The van der Waals surface area contributed by atoms with Crippen LogP contribution in [0.5, 0.6) is 0 Å². The highest BCUT2D eigenvalue weighted by atomic mass is 32.1. The molecule has 0 radical (unpaired) electrons. The Morgan fingerprint density at radius 3 is 2.67 bits per heavy atom. The van der Waals surface area contributed by atoms with Gasteiger partial charge in [0.05, 0.1) is 0 Å². The molecule has 2 aromatic carbocycles. The van der Waals surface area contributed by atoms with Gasteiger partial charge >= 0.3 is 5.97 Å². The molecular formula is C25H23N2O2S-. The fourth-order valence-electron chi connectivity index (χ4n) is 4.32. The van der Waals surface area contributed by atoms with E-state index in [2.05, 4.69) is 16.7 Å². The molecule has 3 saturated heterocycles. The molecule has 0 spiro atoms. The van der Waals surface area contributed by atoms with Crippen LogP contribution in [0.15, 0.2) is 77.5 Å². The van der Waals surface area contributed by atoms with Gasteiger partial charge in [0.1, 0.15) is 6.26 Å². The van der Waals surface area contributed by atoms with Crippen molar-refractivity contribution in [3.63, 3.8) is 0 Å². The number of esters is 1. The molecule has 0 aliphatic carbocycles. The van der Waals surface area contributed by atoms with Crippen molar-refractivity contribution in [3.8, 4) is 0 Å². The molecule has 0 saturated carbocycles. The molecule has 2 bridgehead atoms. The zero-order valence-corrected chi connectivity index (χ0v) is 17.5. The Balaban J connectivity index is 1.41. The van der Waals surface area contributed by atoms with E-state index in [9.17, 15) is 4.79 Å². The number of rotatable bonds is 5. The number of nitrogens with zero attached hydrogens (tertiary/aromatic N) is 2. The highest BCUT2D eigenvalue weighted by Crippen LogP contribution is 2.38. The third kappa shape index (κ3) is 3.92. The van der Waals surface area contributed by atoms with E-state index < -0.39 is 6.04 Å². The van der Waals surface area contributed by atoms with Gasteiger partial charge in [-0.25, -0.2) is 0 Å². The summed E-state index contributed by atoms with van der Waals surface area (Å²) in [5.41, 5.74) is 6.14. The van der Waals surface area contributed by atoms with Gasteiger partial charge in [0, 0.05) is 17.3 Å². The van der Waals surface area contributed by atoms with E-state index in [0.29, 0.717) is 5.92 Å². The minimum absolute atomic E-state index is 0.378. The number of carbonyl (C=O) groups is 1. The standard InChI is InChI=1S/C25H23N2O2S/c28-25(29-15-12-19-16-27-13-10-18(19)11-14-27)24(26-20-6-2-1-3-7-20)22-17-30-23-9-5-4-8-21(22)23/h1-9,15,17-18,24H,10-11,13-14,16H2/q-1. The molecule has 3 aliphatic rings. The van der Waals surface area contributed by atoms with Crippen LogP contribution in [0.25, 0.3) is 15.4 Å². The first kappa shape index (κ1) is 19.1. The number of thiophene rings is 1. The quantitative estimate of drug-likeness (QED) is 0.294. The highest BCUT2D eigenvalue weighted by molar-refractivity contribution is 7.17. The second-order valence-corrected chi connectivity index (χ2v) is 8.74. The molecule has 1 unspecified atom stereocenters. The smallest absolute Gasteiger partial charge is 0.300 e. The van der Waals surface area contributed by atoms with Gasteiger partial charge in [0.15, 0.2) is 0 Å². The first-order chi connectivity index (χ1) is 14.8. The van der Waals surface area contributed by atoms with Gasteiger partial charge in [0.2, 0.25) is 0 Å². The van der Waals surface area contributed by atoms with Gasteiger partial charge in [-0.05, 0) is 59.8 Å². The van der Waals surface area contributed by atoms with Gasteiger partial charge in [-0.3, -0.25) is 9.69 Å². The van der Waals surface area contributed by atoms with Crippen molar-refractivity contribution in [3.05, 3.63) is 88.4 Å². The van der Waals surface area contributed by atoms with Crippen LogP contribution in [-0.2, 0) is 9.53 Å². The fourth-order valence-corrected chi connectivity index (χ4v) is 5.30. The molecule has 4 heterocycles. The Bertz CT molecular complexity index is 1110. The second-order valence-electron chi connectivity index (χ2n) is 7.83. The van der Waals surface area contributed by atoms with Crippen molar-refractivity contribution in [1.82, 2.24) is 4.90 Å². The zero-order chi connectivity index (χ0) is 20.3. The van der Waals surface area contributed by atoms with Crippen molar-refractivity contribution in [2.24, 2.45) is 5.92 Å². The molecule has 6 rings (SSSR count). The monoisotopic (exact) mass is 415 g/mol. The number of ether oxygens (including phenoxy) is 1. The fraction of sp³-hybridized carbons (Fsp3) is 0.280. The molecule has 4 nitrogen and oxygen atoms in total. The summed E-state index contributed by atoms with van der Waals surface area (Å²) in [7, 11) is 0. The van der Waals surface area contributed by atoms with Gasteiger partial charge < -0.3 is 10.1 Å². The predicted molar refractivity (Wildman–Crippen MR) is 121 cm³/mol. The molecule has 0 N–H and O–H groups in total. The summed E-state index contributed by atoms with van der Waals surface area (Å²) < 4.78 is 6.69. The summed E-state index contributed by atoms with van der Waals surface area (Å²) in [6, 6.07) is 17.0. The molecule has 3 aliphatic heterocycles. The average molecular weight is 416 g/mol. The lowest BCUT2D eigenvalue weighted by atomic mass is 9.84. The molecule has 30 heavy (non-hydrogen) atoms. The number of piperidine rings is 3. The largest absolute Gasteiger partial charge is 0.669 e. The van der Waals surface area contributed by atoms with E-state index in [1.807, 2.05) is 53.9 Å². The van der Waals surface area contributed by atoms with E-state index >= 15 is 0 Å². The number of fused-ring (bicyclic) bond motifs is 4. The summed E-state index contributed by atoms with van der Waals surface area (Å²) in [5.74, 6) is 0.201. The van der Waals surface area contributed by atoms with E-state index in [0.717, 1.165) is 27.9 Å². The highest BCUT2D eigenvalue weighted by Gasteiger charge is 2.29. The lowest BCUT2D eigenvalue weighted by molar-refractivity contribution is -0.138. The van der Waals surface area contributed by atoms with Crippen molar-refractivity contribution in [1.29, 1.82) is 0 Å². The first-order valence-electron chi connectivity index (χ1n) is 10.4. The Morgan fingerprint density at radius 2 is 1.90 bits per heavy atom. The summed E-state index contributed by atoms with van der Waals surface area (Å²) >= 11 is 1.62. The van der Waals surface area contributed by atoms with E-state index in [1.54, 1.807) is 11.3 Å². The maximum Gasteiger partial charge on any atom is 0.300 e. The predicted octanol–water partition coefficient (Wildman–Crippen LogP) is 5.96. The minimum Gasteiger partial charge on any atom is -0.669 e. The zero-order valence-electron chi connectivity index (χ0n) is 16.7. The van der Waals surface area contributed by atoms with Crippen LogP contribution in [0.4, 0.5) is 5.69 Å². The van der Waals surface area contributed by atoms with Crippen LogP contribution in [-0.4, -0.2) is 30.5 Å². The Labute approximate surface area is 180 Å². The third-order valence-corrected chi connectivity index (χ3v) is 6.94. The van der Waals surface area contributed by atoms with Gasteiger partial charge in [-0.2, -0.15) is 0 Å². The molecule has 5 heteroatoms. The van der Waals surface area contributed by atoms with Crippen LogP contribution in [0.2, 0.25) is 0 Å². The normalized spacial score (nSPS) is 21.1. The molecule has 0 amide bonds. The van der Waals surface area contributed by atoms with Crippen LogP contribution in [0, 0.1) is 5.92 Å². The lowest BCUT2D eigenvalue weighted by Gasteiger charge is -2.39. The molecule has 3 fully saturated rings. The summed E-state index contributed by atoms with van der Waals surface area (Å²) in [4.78, 5) is 15.5. The number of carbonyl (C=O) groups excluding carboxylic acids is 1. The topological polar surface area (TPSA) is 43.6 Å². The summed E-state index contributed by atoms with van der Waals surface area (Å²) in [5, 5.41) is 7.78. The van der Waals surface area contributed by atoms with Crippen molar-refractivity contribution < 1.29 is 9.53 Å². The average Bonchev–Trinajstić information content (AvgIpc) is 3.23. The maximum absolute atomic E-state index is 13.1. The first-order valence-corrected chi connectivity index (χ1v) is 11.2. The molecule has 1 atom stereocenters. The molecule has 152 valence electrons. The van der Waals surface area contributed by atoms with Crippen molar-refractivity contribution in [2.75, 3.05) is 19.6 Å². The molecule has 3 aromatic rings. The Morgan fingerprint density at radius 1 is 1.13 bits per heavy atom. The SMILES string of the molecule is O=C(OC=C=C1CN2CCC1CC2)C([N-]c1ccccc1)c1csc2ccccc12. The van der Waals surface area contributed by atoms with Gasteiger partial charge in [0.25, 0.3) is 0 Å². The molecular weight excluding hydrogens is 392 g/mol. The van der Waals surface area contributed by atoms with Crippen LogP contribution < -0.4 is 0 Å². The summed E-state index contributed by atoms with van der Waals surface area (Å²) in [6.07, 6.45) is 3.80. The Kier molecular flexibility index (Phi) is 5.41. The number of para-hydroxylation sites is 1. The maximum atomic E-state index is 13.1. The number of hydrogen-bond acceptors (Lipinski definition) is 4. The van der Waals surface area contributed by atoms with E-state index in [1.165, 1.54) is 37.8 Å².